The SMILES string of the molecule is CCc1ccc(C2CNCCN2Cc2nccn2C(C)C)cc1. The minimum Gasteiger partial charge on any atom is -0.331 e. The van der Waals surface area contributed by atoms with Crippen LogP contribution in [0.25, 0.3) is 0 Å². The van der Waals surface area contributed by atoms with Crippen LogP contribution >= 0.6 is 0 Å². The fourth-order valence-electron chi connectivity index (χ4n) is 3.36. The van der Waals surface area contributed by atoms with Gasteiger partial charge in [0, 0.05) is 44.1 Å². The molecule has 1 aromatic carbocycles. The molecule has 23 heavy (non-hydrogen) atoms. The molecule has 1 fully saturated rings. The van der Waals surface area contributed by atoms with Crippen molar-refractivity contribution in [3.8, 4) is 0 Å². The average Bonchev–Trinajstić information content (AvgIpc) is 3.04. The Balaban J connectivity index is 1.79. The van der Waals surface area contributed by atoms with Crippen LogP contribution < -0.4 is 5.32 Å². The number of imidazole rings is 1. The number of aryl methyl sites for hydroxylation is 1. The second-order valence-corrected chi connectivity index (χ2v) is 6.63. The summed E-state index contributed by atoms with van der Waals surface area (Å²) in [7, 11) is 0. The summed E-state index contributed by atoms with van der Waals surface area (Å²) in [6, 6.07) is 9.98. The van der Waals surface area contributed by atoms with Crippen molar-refractivity contribution in [2.24, 2.45) is 0 Å². The van der Waals surface area contributed by atoms with Crippen molar-refractivity contribution in [2.75, 3.05) is 19.6 Å². The van der Waals surface area contributed by atoms with E-state index >= 15 is 0 Å². The molecule has 2 heterocycles. The van der Waals surface area contributed by atoms with E-state index in [1.807, 2.05) is 6.20 Å². The van der Waals surface area contributed by atoms with E-state index in [2.05, 4.69) is 71.0 Å². The molecule has 4 heteroatoms. The summed E-state index contributed by atoms with van der Waals surface area (Å²) in [4.78, 5) is 7.14. The third kappa shape index (κ3) is 3.65. The number of piperazine rings is 1. The lowest BCUT2D eigenvalue weighted by atomic mass is 10.0. The van der Waals surface area contributed by atoms with Crippen molar-refractivity contribution in [3.63, 3.8) is 0 Å². The van der Waals surface area contributed by atoms with Crippen LogP contribution in [-0.4, -0.2) is 34.1 Å². The van der Waals surface area contributed by atoms with Gasteiger partial charge in [0.25, 0.3) is 0 Å². The minimum absolute atomic E-state index is 0.423. The summed E-state index contributed by atoms with van der Waals surface area (Å²) in [6.45, 7) is 10.7. The van der Waals surface area contributed by atoms with Crippen molar-refractivity contribution >= 4 is 0 Å². The Labute approximate surface area is 139 Å². The molecule has 0 saturated carbocycles. The zero-order chi connectivity index (χ0) is 16.2. The Morgan fingerprint density at radius 2 is 2.04 bits per heavy atom. The zero-order valence-electron chi connectivity index (χ0n) is 14.5. The molecule has 1 saturated heterocycles. The third-order valence-corrected chi connectivity index (χ3v) is 4.78. The first-order chi connectivity index (χ1) is 11.2. The van der Waals surface area contributed by atoms with Gasteiger partial charge in [0.1, 0.15) is 5.82 Å². The van der Waals surface area contributed by atoms with E-state index in [9.17, 15) is 0 Å². The predicted octanol–water partition coefficient (Wildman–Crippen LogP) is 3.17. The van der Waals surface area contributed by atoms with E-state index in [0.717, 1.165) is 38.4 Å². The Kier molecular flexibility index (Phi) is 5.13. The second-order valence-electron chi connectivity index (χ2n) is 6.63. The predicted molar refractivity (Wildman–Crippen MR) is 94.5 cm³/mol. The molecule has 0 aliphatic carbocycles. The van der Waals surface area contributed by atoms with Gasteiger partial charge in [-0.15, -0.1) is 0 Å². The van der Waals surface area contributed by atoms with Crippen LogP contribution in [0, 0.1) is 0 Å². The topological polar surface area (TPSA) is 33.1 Å². The molecule has 1 N–H and O–H groups in total. The van der Waals surface area contributed by atoms with Gasteiger partial charge in [-0.1, -0.05) is 31.2 Å². The maximum atomic E-state index is 4.59. The number of aromatic nitrogens is 2. The highest BCUT2D eigenvalue weighted by molar-refractivity contribution is 5.26. The van der Waals surface area contributed by atoms with Crippen LogP contribution in [-0.2, 0) is 13.0 Å². The van der Waals surface area contributed by atoms with Crippen LogP contribution in [0.15, 0.2) is 36.7 Å². The quantitative estimate of drug-likeness (QED) is 0.920. The fourth-order valence-corrected chi connectivity index (χ4v) is 3.36. The highest BCUT2D eigenvalue weighted by Crippen LogP contribution is 2.25. The Hall–Kier alpha value is -1.65. The van der Waals surface area contributed by atoms with Gasteiger partial charge in [0.05, 0.1) is 6.54 Å². The molecule has 0 radical (unpaired) electrons. The van der Waals surface area contributed by atoms with Gasteiger partial charge in [-0.25, -0.2) is 4.98 Å². The van der Waals surface area contributed by atoms with Crippen LogP contribution in [0.3, 0.4) is 0 Å². The number of benzene rings is 1. The van der Waals surface area contributed by atoms with Gasteiger partial charge in [-0.3, -0.25) is 4.90 Å². The molecular weight excluding hydrogens is 284 g/mol. The summed E-state index contributed by atoms with van der Waals surface area (Å²) in [6.07, 6.45) is 5.11. The van der Waals surface area contributed by atoms with Crippen molar-refractivity contribution in [1.29, 1.82) is 0 Å². The normalized spacial score (nSPS) is 19.4. The van der Waals surface area contributed by atoms with Crippen molar-refractivity contribution in [3.05, 3.63) is 53.6 Å². The lowest BCUT2D eigenvalue weighted by Gasteiger charge is -2.36. The van der Waals surface area contributed by atoms with E-state index in [1.54, 1.807) is 0 Å². The number of hydrogen-bond acceptors (Lipinski definition) is 3. The third-order valence-electron chi connectivity index (χ3n) is 4.78. The average molecular weight is 312 g/mol. The van der Waals surface area contributed by atoms with Gasteiger partial charge in [-0.2, -0.15) is 0 Å². The number of hydrogen-bond donors (Lipinski definition) is 1. The molecule has 1 unspecified atom stereocenters. The molecule has 2 aromatic rings. The number of rotatable bonds is 5. The Morgan fingerprint density at radius 1 is 1.26 bits per heavy atom. The molecule has 1 atom stereocenters. The zero-order valence-corrected chi connectivity index (χ0v) is 14.5. The van der Waals surface area contributed by atoms with Crippen LogP contribution in [0.1, 0.15) is 49.8 Å². The summed E-state index contributed by atoms with van der Waals surface area (Å²) >= 11 is 0. The summed E-state index contributed by atoms with van der Waals surface area (Å²) in [5.41, 5.74) is 2.80. The monoisotopic (exact) mass is 312 g/mol. The molecule has 1 aromatic heterocycles. The molecule has 3 rings (SSSR count). The lowest BCUT2D eigenvalue weighted by molar-refractivity contribution is 0.147. The van der Waals surface area contributed by atoms with E-state index < -0.39 is 0 Å². The van der Waals surface area contributed by atoms with E-state index in [1.165, 1.54) is 11.1 Å². The fraction of sp³-hybridized carbons (Fsp3) is 0.526. The maximum Gasteiger partial charge on any atom is 0.123 e. The molecule has 0 spiro atoms. The Morgan fingerprint density at radius 3 is 2.74 bits per heavy atom. The molecule has 124 valence electrons. The van der Waals surface area contributed by atoms with Crippen LogP contribution in [0.5, 0.6) is 0 Å². The molecule has 4 nitrogen and oxygen atoms in total. The van der Waals surface area contributed by atoms with Gasteiger partial charge in [0.2, 0.25) is 0 Å². The van der Waals surface area contributed by atoms with Crippen molar-refractivity contribution in [1.82, 2.24) is 19.8 Å². The number of nitrogens with one attached hydrogen (secondary N) is 1. The van der Waals surface area contributed by atoms with E-state index in [0.29, 0.717) is 12.1 Å². The highest BCUT2D eigenvalue weighted by Gasteiger charge is 2.25. The number of nitrogens with zero attached hydrogens (tertiary/aromatic N) is 3. The highest BCUT2D eigenvalue weighted by atomic mass is 15.2. The maximum absolute atomic E-state index is 4.59. The first-order valence-electron chi connectivity index (χ1n) is 8.74. The largest absolute Gasteiger partial charge is 0.331 e. The summed E-state index contributed by atoms with van der Waals surface area (Å²) < 4.78 is 2.28. The van der Waals surface area contributed by atoms with E-state index in [-0.39, 0.29) is 0 Å². The van der Waals surface area contributed by atoms with Gasteiger partial charge in [0.15, 0.2) is 0 Å². The Bertz CT molecular complexity index is 615. The van der Waals surface area contributed by atoms with Crippen LogP contribution in [0.4, 0.5) is 0 Å². The van der Waals surface area contributed by atoms with Gasteiger partial charge >= 0.3 is 0 Å². The molecule has 1 aliphatic heterocycles. The van der Waals surface area contributed by atoms with Crippen molar-refractivity contribution < 1.29 is 0 Å². The minimum atomic E-state index is 0.423. The summed E-state index contributed by atoms with van der Waals surface area (Å²) in [5.74, 6) is 1.16. The first kappa shape index (κ1) is 16.2. The molecule has 0 amide bonds. The molecule has 1 aliphatic rings. The summed E-state index contributed by atoms with van der Waals surface area (Å²) in [5, 5.41) is 3.54. The van der Waals surface area contributed by atoms with E-state index in [4.69, 9.17) is 0 Å². The molecule has 0 bridgehead atoms. The lowest BCUT2D eigenvalue weighted by Crippen LogP contribution is -2.45. The van der Waals surface area contributed by atoms with Crippen LogP contribution in [0.2, 0.25) is 0 Å². The second kappa shape index (κ2) is 7.28. The smallest absolute Gasteiger partial charge is 0.123 e. The van der Waals surface area contributed by atoms with Crippen molar-refractivity contribution in [2.45, 2.75) is 45.8 Å². The first-order valence-corrected chi connectivity index (χ1v) is 8.74. The molecular formula is C19H28N4. The standard InChI is InChI=1S/C19H28N4/c1-4-16-5-7-17(8-6-16)18-13-20-9-11-22(18)14-19-21-10-12-23(19)15(2)3/h5-8,10,12,15,18,20H,4,9,11,13-14H2,1-3H3. The van der Waals surface area contributed by atoms with Gasteiger partial charge < -0.3 is 9.88 Å². The van der Waals surface area contributed by atoms with Gasteiger partial charge in [-0.05, 0) is 31.4 Å².